The smallest absolute Gasteiger partial charge is 0.317 e. The van der Waals surface area contributed by atoms with E-state index >= 15 is 0 Å². The van der Waals surface area contributed by atoms with E-state index < -0.39 is 24.0 Å². The standard InChI is InChI=1S/C11H21N3O5/c1-11(19,5-9(16)17)7-12-10(18)14(4)6-8(15)13(2)3/h19H,5-7H2,1-4H3,(H,12,18)(H,16,17). The van der Waals surface area contributed by atoms with E-state index in [1.54, 1.807) is 14.1 Å². The van der Waals surface area contributed by atoms with Crippen molar-refractivity contribution in [3.05, 3.63) is 0 Å². The molecule has 8 heteroatoms. The average molecular weight is 275 g/mol. The number of amides is 3. The van der Waals surface area contributed by atoms with Crippen molar-refractivity contribution in [2.24, 2.45) is 0 Å². The number of aliphatic hydroxyl groups is 1. The summed E-state index contributed by atoms with van der Waals surface area (Å²) in [5.41, 5.74) is -1.53. The molecule has 0 bridgehead atoms. The summed E-state index contributed by atoms with van der Waals surface area (Å²) >= 11 is 0. The Bertz CT molecular complexity index is 354. The van der Waals surface area contributed by atoms with Crippen LogP contribution in [-0.4, -0.2) is 77.8 Å². The quantitative estimate of drug-likeness (QED) is 0.572. The largest absolute Gasteiger partial charge is 0.481 e. The third-order valence-electron chi connectivity index (χ3n) is 2.37. The van der Waals surface area contributed by atoms with Crippen LogP contribution < -0.4 is 5.32 Å². The van der Waals surface area contributed by atoms with Crippen molar-refractivity contribution in [3.8, 4) is 0 Å². The van der Waals surface area contributed by atoms with Gasteiger partial charge in [0, 0.05) is 27.7 Å². The fraction of sp³-hybridized carbons (Fsp3) is 0.727. The lowest BCUT2D eigenvalue weighted by molar-refractivity contribution is -0.141. The van der Waals surface area contributed by atoms with Crippen LogP contribution in [0.4, 0.5) is 4.79 Å². The minimum absolute atomic E-state index is 0.0973. The van der Waals surface area contributed by atoms with Gasteiger partial charge in [0.1, 0.15) is 6.54 Å². The molecule has 0 saturated heterocycles. The van der Waals surface area contributed by atoms with Crippen molar-refractivity contribution in [1.29, 1.82) is 0 Å². The van der Waals surface area contributed by atoms with Crippen molar-refractivity contribution >= 4 is 17.9 Å². The van der Waals surface area contributed by atoms with Crippen molar-refractivity contribution in [3.63, 3.8) is 0 Å². The number of hydrogen-bond donors (Lipinski definition) is 3. The predicted molar refractivity (Wildman–Crippen MR) is 67.6 cm³/mol. The second-order valence-electron chi connectivity index (χ2n) is 4.87. The summed E-state index contributed by atoms with van der Waals surface area (Å²) in [6, 6.07) is -0.555. The molecule has 0 aromatic carbocycles. The van der Waals surface area contributed by atoms with Crippen LogP contribution >= 0.6 is 0 Å². The van der Waals surface area contributed by atoms with Gasteiger partial charge in [-0.1, -0.05) is 0 Å². The summed E-state index contributed by atoms with van der Waals surface area (Å²) in [7, 11) is 4.58. The molecule has 8 nitrogen and oxygen atoms in total. The summed E-state index contributed by atoms with van der Waals surface area (Å²) in [6.07, 6.45) is -0.479. The van der Waals surface area contributed by atoms with Gasteiger partial charge in [-0.3, -0.25) is 9.59 Å². The molecule has 0 aromatic rings. The van der Waals surface area contributed by atoms with Crippen LogP contribution in [0.3, 0.4) is 0 Å². The summed E-state index contributed by atoms with van der Waals surface area (Å²) in [5.74, 6) is -1.40. The highest BCUT2D eigenvalue weighted by Gasteiger charge is 2.25. The number of carboxylic acid groups (broad SMARTS) is 1. The van der Waals surface area contributed by atoms with Gasteiger partial charge in [-0.2, -0.15) is 0 Å². The highest BCUT2D eigenvalue weighted by Crippen LogP contribution is 2.07. The lowest BCUT2D eigenvalue weighted by Crippen LogP contribution is -2.48. The molecule has 0 aliphatic carbocycles. The van der Waals surface area contributed by atoms with Crippen molar-refractivity contribution in [1.82, 2.24) is 15.1 Å². The predicted octanol–water partition coefficient (Wildman–Crippen LogP) is -1.06. The Labute approximate surface area is 112 Å². The van der Waals surface area contributed by atoms with Gasteiger partial charge >= 0.3 is 12.0 Å². The molecule has 1 unspecified atom stereocenters. The Morgan fingerprint density at radius 1 is 1.21 bits per heavy atom. The molecule has 110 valence electrons. The first-order chi connectivity index (χ1) is 8.55. The Hall–Kier alpha value is -1.83. The van der Waals surface area contributed by atoms with E-state index in [1.165, 1.54) is 18.9 Å². The summed E-state index contributed by atoms with van der Waals surface area (Å²) in [6.45, 7) is 1.00. The Balaban J connectivity index is 4.24. The molecule has 0 spiro atoms. The Kier molecular flexibility index (Phi) is 6.26. The number of carbonyl (C=O) groups is 3. The van der Waals surface area contributed by atoms with Gasteiger partial charge in [0.2, 0.25) is 5.91 Å². The Morgan fingerprint density at radius 3 is 2.16 bits per heavy atom. The number of likely N-dealkylation sites (N-methyl/N-ethyl adjacent to an activating group) is 2. The number of hydrogen-bond acceptors (Lipinski definition) is 4. The Morgan fingerprint density at radius 2 is 1.74 bits per heavy atom. The maximum absolute atomic E-state index is 11.6. The van der Waals surface area contributed by atoms with E-state index in [9.17, 15) is 19.5 Å². The van der Waals surface area contributed by atoms with Crippen LogP contribution in [-0.2, 0) is 9.59 Å². The number of rotatable bonds is 6. The van der Waals surface area contributed by atoms with E-state index in [0.29, 0.717) is 0 Å². The van der Waals surface area contributed by atoms with Crippen molar-refractivity contribution < 1.29 is 24.6 Å². The summed E-state index contributed by atoms with van der Waals surface area (Å²) < 4.78 is 0. The molecule has 0 rings (SSSR count). The van der Waals surface area contributed by atoms with Crippen molar-refractivity contribution in [2.75, 3.05) is 34.2 Å². The van der Waals surface area contributed by atoms with Crippen LogP contribution in [0.5, 0.6) is 0 Å². The molecule has 3 N–H and O–H groups in total. The first kappa shape index (κ1) is 17.2. The molecule has 0 saturated carbocycles. The number of carboxylic acids is 1. The summed E-state index contributed by atoms with van der Waals surface area (Å²) in [4.78, 5) is 36.0. The first-order valence-electron chi connectivity index (χ1n) is 5.68. The third-order valence-corrected chi connectivity index (χ3v) is 2.37. The monoisotopic (exact) mass is 275 g/mol. The van der Waals surface area contributed by atoms with E-state index in [2.05, 4.69) is 5.32 Å². The lowest BCUT2D eigenvalue weighted by Gasteiger charge is -2.24. The summed E-state index contributed by atoms with van der Waals surface area (Å²) in [5, 5.41) is 20.6. The van der Waals surface area contributed by atoms with Gasteiger partial charge in [0.25, 0.3) is 0 Å². The lowest BCUT2D eigenvalue weighted by atomic mass is 10.0. The minimum atomic E-state index is -1.53. The van der Waals surface area contributed by atoms with Gasteiger partial charge in [-0.25, -0.2) is 4.79 Å². The maximum atomic E-state index is 11.6. The van der Waals surface area contributed by atoms with Gasteiger partial charge in [0.05, 0.1) is 12.0 Å². The SMILES string of the molecule is CN(C)C(=O)CN(C)C(=O)NCC(C)(O)CC(=O)O. The van der Waals surface area contributed by atoms with Crippen LogP contribution in [0.1, 0.15) is 13.3 Å². The second-order valence-corrected chi connectivity index (χ2v) is 4.87. The van der Waals surface area contributed by atoms with Crippen LogP contribution in [0.15, 0.2) is 0 Å². The van der Waals surface area contributed by atoms with Gasteiger partial charge in [-0.15, -0.1) is 0 Å². The molecule has 0 aliphatic heterocycles. The van der Waals surface area contributed by atoms with Gasteiger partial charge in [0.15, 0.2) is 0 Å². The average Bonchev–Trinajstić information content (AvgIpc) is 2.23. The van der Waals surface area contributed by atoms with E-state index in [-0.39, 0.29) is 19.0 Å². The molecule has 0 radical (unpaired) electrons. The fourth-order valence-electron chi connectivity index (χ4n) is 1.21. The molecular weight excluding hydrogens is 254 g/mol. The topological polar surface area (TPSA) is 110 Å². The molecule has 0 heterocycles. The highest BCUT2D eigenvalue weighted by atomic mass is 16.4. The van der Waals surface area contributed by atoms with Crippen molar-refractivity contribution in [2.45, 2.75) is 18.9 Å². The normalized spacial score (nSPS) is 13.3. The number of nitrogens with one attached hydrogen (secondary N) is 1. The first-order valence-corrected chi connectivity index (χ1v) is 5.68. The van der Waals surface area contributed by atoms with E-state index in [1.807, 2.05) is 0 Å². The number of nitrogens with zero attached hydrogens (tertiary/aromatic N) is 2. The molecule has 1 atom stereocenters. The zero-order chi connectivity index (χ0) is 15.2. The molecular formula is C11H21N3O5. The molecule has 0 fully saturated rings. The van der Waals surface area contributed by atoms with Gasteiger partial charge < -0.3 is 25.3 Å². The molecule has 0 aromatic heterocycles. The third kappa shape index (κ3) is 7.24. The van der Waals surface area contributed by atoms with E-state index in [0.717, 1.165) is 4.90 Å². The molecule has 0 aliphatic rings. The maximum Gasteiger partial charge on any atom is 0.317 e. The van der Waals surface area contributed by atoms with Crippen LogP contribution in [0.25, 0.3) is 0 Å². The zero-order valence-corrected chi connectivity index (χ0v) is 11.6. The minimum Gasteiger partial charge on any atom is -0.481 e. The fourth-order valence-corrected chi connectivity index (χ4v) is 1.21. The molecule has 3 amide bonds. The highest BCUT2D eigenvalue weighted by molar-refractivity contribution is 5.83. The zero-order valence-electron chi connectivity index (χ0n) is 11.6. The van der Waals surface area contributed by atoms with E-state index in [4.69, 9.17) is 5.11 Å². The van der Waals surface area contributed by atoms with Gasteiger partial charge in [-0.05, 0) is 6.92 Å². The van der Waals surface area contributed by atoms with Crippen LogP contribution in [0, 0.1) is 0 Å². The second kappa shape index (κ2) is 6.93. The van der Waals surface area contributed by atoms with Crippen LogP contribution in [0.2, 0.25) is 0 Å². The molecule has 19 heavy (non-hydrogen) atoms. The number of urea groups is 1. The number of carbonyl (C=O) groups excluding carboxylic acids is 2. The number of aliphatic carboxylic acids is 1.